The Bertz CT molecular complexity index is 982. The molecule has 1 aromatic heterocycles. The van der Waals surface area contributed by atoms with Gasteiger partial charge in [0, 0.05) is 13.6 Å². The number of imidazole rings is 1. The average Bonchev–Trinajstić information content (AvgIpc) is 3.33. The van der Waals surface area contributed by atoms with Crippen molar-refractivity contribution in [2.24, 2.45) is 13.0 Å². The number of hydrogen-bond acceptors (Lipinski definition) is 5. The van der Waals surface area contributed by atoms with Crippen molar-refractivity contribution in [2.45, 2.75) is 19.0 Å². The highest BCUT2D eigenvalue weighted by molar-refractivity contribution is 5.81. The number of carbonyl (C=O) groups excluding carboxylic acids is 1. The molecular formula is C21H25N5O2. The van der Waals surface area contributed by atoms with Gasteiger partial charge in [0.05, 0.1) is 36.1 Å². The van der Waals surface area contributed by atoms with Crippen molar-refractivity contribution in [3.8, 4) is 5.75 Å². The van der Waals surface area contributed by atoms with E-state index in [4.69, 9.17) is 9.72 Å². The summed E-state index contributed by atoms with van der Waals surface area (Å²) in [5, 5.41) is 3.14. The van der Waals surface area contributed by atoms with E-state index in [0.29, 0.717) is 6.54 Å². The first-order valence-corrected chi connectivity index (χ1v) is 9.42. The highest BCUT2D eigenvalue weighted by Crippen LogP contribution is 2.27. The second kappa shape index (κ2) is 7.61. The van der Waals surface area contributed by atoms with E-state index in [1.807, 2.05) is 67.1 Å². The Morgan fingerprint density at radius 1 is 1.25 bits per heavy atom. The van der Waals surface area contributed by atoms with Crippen LogP contribution < -0.4 is 20.9 Å². The summed E-state index contributed by atoms with van der Waals surface area (Å²) in [5.41, 5.74) is 9.36. The van der Waals surface area contributed by atoms with E-state index in [1.165, 1.54) is 0 Å². The van der Waals surface area contributed by atoms with E-state index in [9.17, 15) is 4.79 Å². The first-order valence-electron chi connectivity index (χ1n) is 9.42. The van der Waals surface area contributed by atoms with Gasteiger partial charge in [-0.15, -0.1) is 0 Å². The third-order valence-corrected chi connectivity index (χ3v) is 5.36. The molecule has 3 N–H and O–H groups in total. The highest BCUT2D eigenvalue weighted by atomic mass is 16.5. The molecule has 4 rings (SSSR count). The molecule has 7 nitrogen and oxygen atoms in total. The molecule has 1 fully saturated rings. The second-order valence-electron chi connectivity index (χ2n) is 7.13. The number of fused-ring (bicyclic) bond motifs is 1. The molecule has 2 heterocycles. The van der Waals surface area contributed by atoms with Gasteiger partial charge in [0.15, 0.2) is 0 Å². The fraction of sp³-hybridized carbons (Fsp3) is 0.333. The van der Waals surface area contributed by atoms with Crippen LogP contribution in [-0.4, -0.2) is 29.1 Å². The summed E-state index contributed by atoms with van der Waals surface area (Å²) in [4.78, 5) is 17.7. The van der Waals surface area contributed by atoms with Crippen LogP contribution >= 0.6 is 0 Å². The Labute approximate surface area is 164 Å². The topological polar surface area (TPSA) is 80.2 Å². The molecule has 1 saturated heterocycles. The maximum absolute atomic E-state index is 13.0. The Balaban J connectivity index is 1.50. The summed E-state index contributed by atoms with van der Waals surface area (Å²) in [6.45, 7) is 2.54. The molecule has 2 aromatic carbocycles. The van der Waals surface area contributed by atoms with E-state index in [0.717, 1.165) is 28.2 Å². The molecule has 28 heavy (non-hydrogen) atoms. The summed E-state index contributed by atoms with van der Waals surface area (Å²) in [6, 6.07) is 15.5. The molecule has 1 amide bonds. The van der Waals surface area contributed by atoms with Crippen molar-refractivity contribution < 1.29 is 9.53 Å². The highest BCUT2D eigenvalue weighted by Gasteiger charge is 2.35. The molecule has 0 saturated carbocycles. The van der Waals surface area contributed by atoms with E-state index in [1.54, 1.807) is 7.11 Å². The Kier molecular flexibility index (Phi) is 5.02. The van der Waals surface area contributed by atoms with Gasteiger partial charge in [-0.2, -0.15) is 0 Å². The summed E-state index contributed by atoms with van der Waals surface area (Å²) in [5.74, 6) is 1.42. The maximum Gasteiger partial charge on any atom is 0.227 e. The number of hydrogen-bond donors (Lipinski definition) is 3. The first kappa shape index (κ1) is 18.5. The molecule has 1 aliphatic heterocycles. The van der Waals surface area contributed by atoms with Crippen LogP contribution in [0.1, 0.15) is 30.4 Å². The molecule has 3 aromatic rings. The fourth-order valence-electron chi connectivity index (χ4n) is 3.80. The lowest BCUT2D eigenvalue weighted by molar-refractivity contribution is -0.125. The number of hydrazine groups is 1. The molecule has 0 spiro atoms. The zero-order valence-corrected chi connectivity index (χ0v) is 16.3. The van der Waals surface area contributed by atoms with Crippen molar-refractivity contribution in [1.82, 2.24) is 25.7 Å². The van der Waals surface area contributed by atoms with Gasteiger partial charge in [0.1, 0.15) is 11.6 Å². The quantitative estimate of drug-likeness (QED) is 0.633. The largest absolute Gasteiger partial charge is 0.497 e. The van der Waals surface area contributed by atoms with Crippen LogP contribution in [0.25, 0.3) is 11.0 Å². The van der Waals surface area contributed by atoms with Crippen LogP contribution in [0.2, 0.25) is 0 Å². The van der Waals surface area contributed by atoms with E-state index < -0.39 is 0 Å². The number of nitrogens with zero attached hydrogens (tertiary/aromatic N) is 2. The zero-order valence-electron chi connectivity index (χ0n) is 16.3. The first-order chi connectivity index (χ1) is 13.6. The number of aryl methyl sites for hydroxylation is 1. The number of benzene rings is 2. The Morgan fingerprint density at radius 2 is 2.00 bits per heavy atom. The van der Waals surface area contributed by atoms with E-state index >= 15 is 0 Å². The van der Waals surface area contributed by atoms with Gasteiger partial charge in [-0.3, -0.25) is 10.2 Å². The number of rotatable bonds is 5. The normalized spacial score (nSPS) is 20.2. The lowest BCUT2D eigenvalue weighted by Gasteiger charge is -2.21. The number of ether oxygens (including phenoxy) is 1. The van der Waals surface area contributed by atoms with Gasteiger partial charge >= 0.3 is 0 Å². The number of nitrogens with one attached hydrogen (secondary N) is 3. The zero-order chi connectivity index (χ0) is 19.7. The molecule has 0 aliphatic carbocycles. The Morgan fingerprint density at radius 3 is 2.71 bits per heavy atom. The number of para-hydroxylation sites is 2. The lowest BCUT2D eigenvalue weighted by atomic mass is 9.94. The minimum absolute atomic E-state index is 0.00197. The summed E-state index contributed by atoms with van der Waals surface area (Å²) in [6.07, 6.45) is 0. The maximum atomic E-state index is 13.0. The van der Waals surface area contributed by atoms with Gasteiger partial charge in [-0.25, -0.2) is 10.4 Å². The number of amides is 1. The van der Waals surface area contributed by atoms with Crippen LogP contribution in [0.5, 0.6) is 5.75 Å². The van der Waals surface area contributed by atoms with E-state index in [-0.39, 0.29) is 23.9 Å². The molecule has 0 radical (unpaired) electrons. The molecular weight excluding hydrogens is 354 g/mol. The summed E-state index contributed by atoms with van der Waals surface area (Å²) < 4.78 is 7.25. The lowest BCUT2D eigenvalue weighted by Crippen LogP contribution is -2.37. The predicted molar refractivity (Wildman–Crippen MR) is 108 cm³/mol. The van der Waals surface area contributed by atoms with Crippen molar-refractivity contribution in [1.29, 1.82) is 0 Å². The van der Waals surface area contributed by atoms with Crippen LogP contribution in [0.15, 0.2) is 48.5 Å². The number of methoxy groups -OCH3 is 1. The Hall–Kier alpha value is -2.90. The fourth-order valence-corrected chi connectivity index (χ4v) is 3.80. The van der Waals surface area contributed by atoms with Gasteiger partial charge in [0.2, 0.25) is 5.91 Å². The molecule has 0 bridgehead atoms. The van der Waals surface area contributed by atoms with Crippen LogP contribution in [0.3, 0.4) is 0 Å². The predicted octanol–water partition coefficient (Wildman–Crippen LogP) is 2.22. The monoisotopic (exact) mass is 379 g/mol. The van der Waals surface area contributed by atoms with Crippen LogP contribution in [0, 0.1) is 5.92 Å². The summed E-state index contributed by atoms with van der Waals surface area (Å²) >= 11 is 0. The second-order valence-corrected chi connectivity index (χ2v) is 7.13. The molecule has 146 valence electrons. The van der Waals surface area contributed by atoms with Crippen molar-refractivity contribution in [3.05, 3.63) is 59.9 Å². The van der Waals surface area contributed by atoms with Gasteiger partial charge in [-0.1, -0.05) is 24.3 Å². The van der Waals surface area contributed by atoms with Crippen molar-refractivity contribution in [2.75, 3.05) is 13.7 Å². The smallest absolute Gasteiger partial charge is 0.227 e. The number of carbonyl (C=O) groups is 1. The molecule has 7 heteroatoms. The minimum atomic E-state index is -0.217. The van der Waals surface area contributed by atoms with Crippen molar-refractivity contribution in [3.63, 3.8) is 0 Å². The number of aromatic nitrogens is 2. The van der Waals surface area contributed by atoms with Crippen LogP contribution in [-0.2, 0) is 11.8 Å². The summed E-state index contributed by atoms with van der Waals surface area (Å²) in [7, 11) is 3.62. The minimum Gasteiger partial charge on any atom is -0.497 e. The third kappa shape index (κ3) is 3.34. The standard InChI is InChI=1S/C21H25N5O2/c1-13(20-24-17-6-4-5-7-18(17)26(20)2)23-21(27)16-12-22-25-19(16)14-8-10-15(28-3)11-9-14/h4-11,13,16,19,22,25H,12H2,1-3H3,(H,23,27)/t13-,16?,19?/m1/s1. The van der Waals surface area contributed by atoms with Gasteiger partial charge < -0.3 is 14.6 Å². The molecule has 1 aliphatic rings. The van der Waals surface area contributed by atoms with E-state index in [2.05, 4.69) is 16.2 Å². The average molecular weight is 379 g/mol. The van der Waals surface area contributed by atoms with Gasteiger partial charge in [-0.05, 0) is 36.8 Å². The third-order valence-electron chi connectivity index (χ3n) is 5.36. The van der Waals surface area contributed by atoms with Crippen molar-refractivity contribution >= 4 is 16.9 Å². The SMILES string of the molecule is COc1ccc(C2NNCC2C(=O)N[C@H](C)c2nc3ccccc3n2C)cc1. The molecule has 3 atom stereocenters. The van der Waals surface area contributed by atoms with Crippen LogP contribution in [0.4, 0.5) is 0 Å². The van der Waals surface area contributed by atoms with Gasteiger partial charge in [0.25, 0.3) is 0 Å². The molecule has 2 unspecified atom stereocenters.